The van der Waals surface area contributed by atoms with Gasteiger partial charge in [-0.1, -0.05) is 24.9 Å². The van der Waals surface area contributed by atoms with Gasteiger partial charge in [0.1, 0.15) is 0 Å². The molecule has 234 valence electrons. The van der Waals surface area contributed by atoms with E-state index in [-0.39, 0.29) is 35.6 Å². The van der Waals surface area contributed by atoms with Crippen LogP contribution in [0.5, 0.6) is 0 Å². The number of anilines is 2. The van der Waals surface area contributed by atoms with E-state index in [2.05, 4.69) is 25.5 Å². The number of rotatable bonds is 7. The summed E-state index contributed by atoms with van der Waals surface area (Å²) in [6.45, 7) is 2.01. The van der Waals surface area contributed by atoms with Crippen LogP contribution >= 0.6 is 0 Å². The Morgan fingerprint density at radius 2 is 1.49 bits per heavy atom. The van der Waals surface area contributed by atoms with Crippen molar-refractivity contribution in [1.82, 2.24) is 20.6 Å². The second kappa shape index (κ2) is 11.5. The van der Waals surface area contributed by atoms with Crippen LogP contribution in [-0.2, 0) is 25.1 Å². The maximum Gasteiger partial charge on any atom is 0.416 e. The van der Waals surface area contributed by atoms with Gasteiger partial charge in [-0.15, -0.1) is 5.10 Å². The fourth-order valence-electron chi connectivity index (χ4n) is 6.27. The Hall–Kier alpha value is -3.52. The van der Waals surface area contributed by atoms with E-state index in [0.717, 1.165) is 37.8 Å². The molecule has 5 rings (SSSR count). The number of nitrogens with zero attached hydrogens (tertiary/aromatic N) is 5. The van der Waals surface area contributed by atoms with Crippen LogP contribution in [-0.4, -0.2) is 33.2 Å². The van der Waals surface area contributed by atoms with Gasteiger partial charge in [0.2, 0.25) is 0 Å². The Kier molecular flexibility index (Phi) is 8.29. The monoisotopic (exact) mass is 620 g/mol. The van der Waals surface area contributed by atoms with Gasteiger partial charge in [0, 0.05) is 24.8 Å². The van der Waals surface area contributed by atoms with Crippen molar-refractivity contribution in [2.45, 2.75) is 82.6 Å². The van der Waals surface area contributed by atoms with Gasteiger partial charge in [-0.05, 0) is 84.3 Å². The third kappa shape index (κ3) is 6.69. The van der Waals surface area contributed by atoms with Crippen molar-refractivity contribution in [1.29, 1.82) is 0 Å². The van der Waals surface area contributed by atoms with Crippen molar-refractivity contribution in [2.75, 3.05) is 16.3 Å². The first kappa shape index (κ1) is 30.9. The predicted molar refractivity (Wildman–Crippen MR) is 139 cm³/mol. The fraction of sp³-hybridized carbons (Fsp3) is 0.536. The summed E-state index contributed by atoms with van der Waals surface area (Å²) < 4.78 is 123. The van der Waals surface area contributed by atoms with Crippen LogP contribution in [0.1, 0.15) is 79.3 Å². The standard InChI is InChI=1S/C28H29F9N6/c1-2-21-13-24(22-12-18(26(29,30)31)7-8-23(22)42(21)14-16-5-3-4-6-16)43(25-38-40-41-39-25)15-17-9-19(27(32,33)34)11-20(10-17)28(35,36)37/h7-12,16,21,24H,2-6,13-15H2,1H3,(H,38,39,40,41)/t21-,24+/m1/s1. The Labute approximate surface area is 241 Å². The van der Waals surface area contributed by atoms with E-state index in [4.69, 9.17) is 0 Å². The van der Waals surface area contributed by atoms with E-state index >= 15 is 0 Å². The molecule has 1 N–H and O–H groups in total. The first-order valence-corrected chi connectivity index (χ1v) is 13.9. The minimum atomic E-state index is -5.07. The molecule has 2 atom stereocenters. The minimum absolute atomic E-state index is 0.0295. The average Bonchev–Trinajstić information content (AvgIpc) is 3.65. The summed E-state index contributed by atoms with van der Waals surface area (Å²) in [5.74, 6) is 0.193. The molecule has 0 amide bonds. The molecule has 0 unspecified atom stereocenters. The molecule has 2 heterocycles. The Morgan fingerprint density at radius 3 is 2.02 bits per heavy atom. The lowest BCUT2D eigenvalue weighted by Gasteiger charge is -2.46. The molecule has 1 saturated carbocycles. The van der Waals surface area contributed by atoms with Crippen LogP contribution in [0, 0.1) is 5.92 Å². The number of hydrogen-bond acceptors (Lipinski definition) is 5. The molecule has 2 aromatic carbocycles. The summed E-state index contributed by atoms with van der Waals surface area (Å²) in [6.07, 6.45) is -9.85. The number of tetrazole rings is 1. The molecule has 0 saturated heterocycles. The molecule has 1 fully saturated rings. The maximum atomic E-state index is 13.9. The highest BCUT2D eigenvalue weighted by Gasteiger charge is 2.41. The Balaban J connectivity index is 1.63. The number of aromatic amines is 1. The van der Waals surface area contributed by atoms with E-state index in [1.807, 2.05) is 6.92 Å². The third-order valence-corrected chi connectivity index (χ3v) is 8.33. The molecular weight excluding hydrogens is 591 g/mol. The topological polar surface area (TPSA) is 60.9 Å². The molecule has 0 bridgehead atoms. The Morgan fingerprint density at radius 1 is 0.860 bits per heavy atom. The molecule has 0 radical (unpaired) electrons. The number of nitrogens with one attached hydrogen (secondary N) is 1. The third-order valence-electron chi connectivity index (χ3n) is 8.33. The molecule has 1 aliphatic carbocycles. The van der Waals surface area contributed by atoms with Crippen LogP contribution in [0.15, 0.2) is 36.4 Å². The van der Waals surface area contributed by atoms with Crippen LogP contribution in [0.4, 0.5) is 51.1 Å². The van der Waals surface area contributed by atoms with E-state index in [1.54, 1.807) is 0 Å². The van der Waals surface area contributed by atoms with Crippen molar-refractivity contribution < 1.29 is 39.5 Å². The van der Waals surface area contributed by atoms with Crippen molar-refractivity contribution >= 4 is 11.6 Å². The quantitative estimate of drug-likeness (QED) is 0.270. The summed E-state index contributed by atoms with van der Waals surface area (Å²) in [5, 5.41) is 13.6. The van der Waals surface area contributed by atoms with Gasteiger partial charge in [-0.3, -0.25) is 0 Å². The van der Waals surface area contributed by atoms with Gasteiger partial charge < -0.3 is 9.80 Å². The summed E-state index contributed by atoms with van der Waals surface area (Å²) in [7, 11) is 0. The highest BCUT2D eigenvalue weighted by molar-refractivity contribution is 5.62. The number of hydrogen-bond donors (Lipinski definition) is 1. The highest BCUT2D eigenvalue weighted by Crippen LogP contribution is 2.46. The molecule has 43 heavy (non-hydrogen) atoms. The zero-order valence-corrected chi connectivity index (χ0v) is 23.0. The molecule has 2 aliphatic rings. The van der Waals surface area contributed by atoms with E-state index < -0.39 is 47.8 Å². The maximum absolute atomic E-state index is 13.9. The van der Waals surface area contributed by atoms with Crippen LogP contribution < -0.4 is 9.80 Å². The summed E-state index contributed by atoms with van der Waals surface area (Å²) in [4.78, 5) is 3.43. The lowest BCUT2D eigenvalue weighted by atomic mass is 9.86. The number of benzene rings is 2. The van der Waals surface area contributed by atoms with Crippen LogP contribution in [0.25, 0.3) is 0 Å². The average molecular weight is 621 g/mol. The van der Waals surface area contributed by atoms with Gasteiger partial charge in [-0.2, -0.15) is 44.7 Å². The highest BCUT2D eigenvalue weighted by atomic mass is 19.4. The second-order valence-corrected chi connectivity index (χ2v) is 11.1. The lowest BCUT2D eigenvalue weighted by Crippen LogP contribution is -2.46. The van der Waals surface area contributed by atoms with E-state index in [1.165, 1.54) is 11.0 Å². The lowest BCUT2D eigenvalue weighted by molar-refractivity contribution is -0.143. The minimum Gasteiger partial charge on any atom is -0.368 e. The summed E-state index contributed by atoms with van der Waals surface area (Å²) >= 11 is 0. The number of halogens is 9. The fourth-order valence-corrected chi connectivity index (χ4v) is 6.27. The molecule has 3 aromatic rings. The van der Waals surface area contributed by atoms with E-state index in [9.17, 15) is 39.5 Å². The number of aromatic nitrogens is 4. The van der Waals surface area contributed by atoms with Gasteiger partial charge >= 0.3 is 18.5 Å². The molecule has 6 nitrogen and oxygen atoms in total. The van der Waals surface area contributed by atoms with Gasteiger partial charge in [0.25, 0.3) is 5.95 Å². The Bertz CT molecular complexity index is 1360. The zero-order valence-electron chi connectivity index (χ0n) is 23.0. The van der Waals surface area contributed by atoms with Gasteiger partial charge in [0.15, 0.2) is 0 Å². The largest absolute Gasteiger partial charge is 0.416 e. The normalized spacial score (nSPS) is 20.0. The van der Waals surface area contributed by atoms with Crippen molar-refractivity contribution in [3.63, 3.8) is 0 Å². The van der Waals surface area contributed by atoms with Crippen molar-refractivity contribution in [3.8, 4) is 0 Å². The van der Waals surface area contributed by atoms with Crippen LogP contribution in [0.2, 0.25) is 0 Å². The van der Waals surface area contributed by atoms with Gasteiger partial charge in [0.05, 0.1) is 22.7 Å². The summed E-state index contributed by atoms with van der Waals surface area (Å²) in [6, 6.07) is 3.55. The van der Waals surface area contributed by atoms with Crippen LogP contribution in [0.3, 0.4) is 0 Å². The molecule has 1 aromatic heterocycles. The molecule has 1 aliphatic heterocycles. The molecular formula is C28H29F9N6. The number of fused-ring (bicyclic) bond motifs is 1. The van der Waals surface area contributed by atoms with Crippen molar-refractivity contribution in [3.05, 3.63) is 64.2 Å². The smallest absolute Gasteiger partial charge is 0.368 e. The first-order valence-electron chi connectivity index (χ1n) is 13.9. The van der Waals surface area contributed by atoms with Gasteiger partial charge in [-0.25, -0.2) is 0 Å². The molecule has 0 spiro atoms. The second-order valence-electron chi connectivity index (χ2n) is 11.1. The van der Waals surface area contributed by atoms with Crippen molar-refractivity contribution in [2.24, 2.45) is 5.92 Å². The summed E-state index contributed by atoms with van der Waals surface area (Å²) in [5.41, 5.74) is -3.49. The predicted octanol–water partition coefficient (Wildman–Crippen LogP) is 8.18. The number of H-pyrrole nitrogens is 1. The zero-order chi connectivity index (χ0) is 31.2. The number of alkyl halides is 9. The SMILES string of the molecule is CC[C@@H]1C[C@H](N(Cc2cc(C(F)(F)F)cc(C(F)(F)F)c2)c2nn[nH]n2)c2cc(C(F)(F)F)ccc2N1CC1CCCC1. The first-order chi connectivity index (χ1) is 20.1. The van der Waals surface area contributed by atoms with E-state index in [0.29, 0.717) is 36.7 Å². The molecule has 15 heteroatoms.